The number of alkyl halides is 3. The molecule has 2 N–H and O–H groups in total. The van der Waals surface area contributed by atoms with Gasteiger partial charge in [0, 0.05) is 19.3 Å². The smallest absolute Gasteiger partial charge is 0.395 e. The van der Waals surface area contributed by atoms with Crippen molar-refractivity contribution in [3.8, 4) is 0 Å². The first-order chi connectivity index (χ1) is 8.34. The van der Waals surface area contributed by atoms with Crippen LogP contribution >= 0.6 is 0 Å². The van der Waals surface area contributed by atoms with Gasteiger partial charge in [-0.3, -0.25) is 0 Å². The maximum atomic E-state index is 12.4. The molecule has 7 heteroatoms. The molecule has 0 aliphatic carbocycles. The number of hydrogen-bond acceptors (Lipinski definition) is 2. The summed E-state index contributed by atoms with van der Waals surface area (Å²) in [4.78, 5) is 12.7. The monoisotopic (exact) mass is 262 g/mol. The van der Waals surface area contributed by atoms with E-state index in [2.05, 4.69) is 5.32 Å². The standard InChI is InChI=1S/C11H13F3N2O2/c1-16(5-6-17)10(18)15-9-4-2-3-8(7-9)11(12,13)14/h2-4,7,17H,5-6H2,1H3,(H,15,18). The van der Waals surface area contributed by atoms with Crippen LogP contribution in [0.2, 0.25) is 0 Å². The van der Waals surface area contributed by atoms with E-state index in [4.69, 9.17) is 5.11 Å². The van der Waals surface area contributed by atoms with Gasteiger partial charge in [0.2, 0.25) is 0 Å². The molecule has 100 valence electrons. The fourth-order valence-electron chi connectivity index (χ4n) is 1.24. The van der Waals surface area contributed by atoms with Gasteiger partial charge in [0.05, 0.1) is 12.2 Å². The second-order valence-electron chi connectivity index (χ2n) is 3.65. The number of aliphatic hydroxyl groups is 1. The molecule has 0 aliphatic rings. The number of urea groups is 1. The maximum absolute atomic E-state index is 12.4. The third-order valence-corrected chi connectivity index (χ3v) is 2.22. The molecule has 2 amide bonds. The van der Waals surface area contributed by atoms with E-state index >= 15 is 0 Å². The Labute approximate surface area is 102 Å². The summed E-state index contributed by atoms with van der Waals surface area (Å²) in [6.45, 7) is -0.114. The molecule has 1 aromatic carbocycles. The summed E-state index contributed by atoms with van der Waals surface area (Å²) in [6.07, 6.45) is -4.45. The third-order valence-electron chi connectivity index (χ3n) is 2.22. The molecule has 1 rings (SSSR count). The second kappa shape index (κ2) is 5.72. The predicted octanol–water partition coefficient (Wildman–Crippen LogP) is 2.16. The van der Waals surface area contributed by atoms with Gasteiger partial charge in [-0.1, -0.05) is 6.07 Å². The van der Waals surface area contributed by atoms with E-state index in [1.807, 2.05) is 0 Å². The maximum Gasteiger partial charge on any atom is 0.416 e. The number of rotatable bonds is 3. The SMILES string of the molecule is CN(CCO)C(=O)Nc1cccc(C(F)(F)F)c1. The fraction of sp³-hybridized carbons (Fsp3) is 0.364. The van der Waals surface area contributed by atoms with E-state index in [1.54, 1.807) is 0 Å². The number of halogens is 3. The molecule has 0 unspecified atom stereocenters. The van der Waals surface area contributed by atoms with E-state index < -0.39 is 17.8 Å². The highest BCUT2D eigenvalue weighted by atomic mass is 19.4. The van der Waals surface area contributed by atoms with Crippen LogP contribution in [0.3, 0.4) is 0 Å². The first-order valence-electron chi connectivity index (χ1n) is 5.15. The number of likely N-dealkylation sites (N-methyl/N-ethyl adjacent to an activating group) is 1. The lowest BCUT2D eigenvalue weighted by Crippen LogP contribution is -2.33. The summed E-state index contributed by atoms with van der Waals surface area (Å²) in [5.41, 5.74) is -0.773. The average Bonchev–Trinajstić information content (AvgIpc) is 2.28. The third kappa shape index (κ3) is 3.92. The van der Waals surface area contributed by atoms with E-state index in [-0.39, 0.29) is 18.8 Å². The fourth-order valence-corrected chi connectivity index (χ4v) is 1.24. The quantitative estimate of drug-likeness (QED) is 0.877. The molecule has 0 aromatic heterocycles. The Balaban J connectivity index is 2.77. The molecule has 0 aliphatic heterocycles. The highest BCUT2D eigenvalue weighted by Crippen LogP contribution is 2.30. The van der Waals surface area contributed by atoms with Crippen molar-refractivity contribution in [1.29, 1.82) is 0 Å². The number of anilines is 1. The Hall–Kier alpha value is -1.76. The van der Waals surface area contributed by atoms with Crippen LogP contribution in [0.15, 0.2) is 24.3 Å². The van der Waals surface area contributed by atoms with Crippen molar-refractivity contribution in [2.45, 2.75) is 6.18 Å². The molecule has 0 bridgehead atoms. The molecule has 0 radical (unpaired) electrons. The van der Waals surface area contributed by atoms with Crippen molar-refractivity contribution in [2.24, 2.45) is 0 Å². The lowest BCUT2D eigenvalue weighted by molar-refractivity contribution is -0.137. The van der Waals surface area contributed by atoms with Crippen molar-refractivity contribution in [3.05, 3.63) is 29.8 Å². The van der Waals surface area contributed by atoms with Gasteiger partial charge < -0.3 is 15.3 Å². The van der Waals surface area contributed by atoms with Crippen LogP contribution in [0.5, 0.6) is 0 Å². The van der Waals surface area contributed by atoms with Crippen LogP contribution in [0.1, 0.15) is 5.56 Å². The normalized spacial score (nSPS) is 11.2. The zero-order valence-electron chi connectivity index (χ0n) is 9.66. The Bertz CT molecular complexity index is 421. The van der Waals surface area contributed by atoms with Gasteiger partial charge in [-0.15, -0.1) is 0 Å². The molecular formula is C11H13F3N2O2. The van der Waals surface area contributed by atoms with Crippen LogP contribution in [0, 0.1) is 0 Å². The molecule has 0 heterocycles. The van der Waals surface area contributed by atoms with Gasteiger partial charge in [0.15, 0.2) is 0 Å². The second-order valence-corrected chi connectivity index (χ2v) is 3.65. The lowest BCUT2D eigenvalue weighted by atomic mass is 10.2. The number of aliphatic hydroxyl groups excluding tert-OH is 1. The highest BCUT2D eigenvalue weighted by molar-refractivity contribution is 5.89. The molecule has 18 heavy (non-hydrogen) atoms. The number of nitrogens with one attached hydrogen (secondary N) is 1. The number of carbonyl (C=O) groups excluding carboxylic acids is 1. The minimum Gasteiger partial charge on any atom is -0.395 e. The number of benzene rings is 1. The molecule has 0 saturated heterocycles. The lowest BCUT2D eigenvalue weighted by Gasteiger charge is -2.17. The van der Waals surface area contributed by atoms with Gasteiger partial charge in [0.1, 0.15) is 0 Å². The molecule has 4 nitrogen and oxygen atoms in total. The summed E-state index contributed by atoms with van der Waals surface area (Å²) in [5.74, 6) is 0. The molecule has 0 saturated carbocycles. The van der Waals surface area contributed by atoms with Crippen LogP contribution in [0.25, 0.3) is 0 Å². The van der Waals surface area contributed by atoms with Gasteiger partial charge in [-0.2, -0.15) is 13.2 Å². The Morgan fingerprint density at radius 3 is 2.67 bits per heavy atom. The predicted molar refractivity (Wildman–Crippen MR) is 60.2 cm³/mol. The first-order valence-corrected chi connectivity index (χ1v) is 5.15. The number of amides is 2. The highest BCUT2D eigenvalue weighted by Gasteiger charge is 2.30. The summed E-state index contributed by atoms with van der Waals surface area (Å²) in [7, 11) is 1.43. The van der Waals surface area contributed by atoms with E-state index in [0.717, 1.165) is 12.1 Å². The zero-order valence-corrected chi connectivity index (χ0v) is 9.66. The van der Waals surface area contributed by atoms with Crippen molar-refractivity contribution >= 4 is 11.7 Å². The minimum absolute atomic E-state index is 0.0552. The largest absolute Gasteiger partial charge is 0.416 e. The molecule has 0 spiro atoms. The topological polar surface area (TPSA) is 52.6 Å². The first kappa shape index (κ1) is 14.3. The van der Waals surface area contributed by atoms with Crippen LogP contribution in [-0.4, -0.2) is 36.2 Å². The summed E-state index contributed by atoms with van der Waals surface area (Å²) < 4.78 is 37.3. The summed E-state index contributed by atoms with van der Waals surface area (Å²) in [6, 6.07) is 3.77. The van der Waals surface area contributed by atoms with Gasteiger partial charge in [-0.05, 0) is 18.2 Å². The van der Waals surface area contributed by atoms with Crippen LogP contribution in [0.4, 0.5) is 23.7 Å². The van der Waals surface area contributed by atoms with Crippen molar-refractivity contribution in [2.75, 3.05) is 25.5 Å². The number of carbonyl (C=O) groups is 1. The van der Waals surface area contributed by atoms with Gasteiger partial charge in [0.25, 0.3) is 0 Å². The van der Waals surface area contributed by atoms with E-state index in [0.29, 0.717) is 0 Å². The Morgan fingerprint density at radius 2 is 2.11 bits per heavy atom. The van der Waals surface area contributed by atoms with Gasteiger partial charge >= 0.3 is 12.2 Å². The summed E-state index contributed by atoms with van der Waals surface area (Å²) >= 11 is 0. The van der Waals surface area contributed by atoms with Crippen LogP contribution < -0.4 is 5.32 Å². The molecule has 0 atom stereocenters. The Kier molecular flexibility index (Phi) is 4.55. The van der Waals surface area contributed by atoms with Gasteiger partial charge in [-0.25, -0.2) is 4.79 Å². The summed E-state index contributed by atoms with van der Waals surface area (Å²) in [5, 5.41) is 10.9. The van der Waals surface area contributed by atoms with Crippen LogP contribution in [-0.2, 0) is 6.18 Å². The number of nitrogens with zero attached hydrogens (tertiary/aromatic N) is 1. The number of hydrogen-bond donors (Lipinski definition) is 2. The molecular weight excluding hydrogens is 249 g/mol. The van der Waals surface area contributed by atoms with Crippen molar-refractivity contribution in [3.63, 3.8) is 0 Å². The zero-order chi connectivity index (χ0) is 13.8. The minimum atomic E-state index is -4.45. The molecule has 0 fully saturated rings. The van der Waals surface area contributed by atoms with Crippen molar-refractivity contribution in [1.82, 2.24) is 4.90 Å². The van der Waals surface area contributed by atoms with Crippen molar-refractivity contribution < 1.29 is 23.1 Å². The Morgan fingerprint density at radius 1 is 1.44 bits per heavy atom. The van der Waals surface area contributed by atoms with E-state index in [1.165, 1.54) is 24.1 Å². The molecule has 1 aromatic rings. The van der Waals surface area contributed by atoms with E-state index in [9.17, 15) is 18.0 Å². The average molecular weight is 262 g/mol.